The third kappa shape index (κ3) is 33.9. The van der Waals surface area contributed by atoms with Gasteiger partial charge in [0.15, 0.2) is 11.6 Å². The minimum Gasteiger partial charge on any atom is -0.385 e. The molecule has 2 saturated heterocycles. The van der Waals surface area contributed by atoms with Crippen molar-refractivity contribution in [1.29, 1.82) is 0 Å². The van der Waals surface area contributed by atoms with E-state index >= 15 is 0 Å². The van der Waals surface area contributed by atoms with Gasteiger partial charge in [-0.15, -0.1) is 0 Å². The van der Waals surface area contributed by atoms with E-state index in [4.69, 9.17) is 33.2 Å². The van der Waals surface area contributed by atoms with Gasteiger partial charge in [-0.2, -0.15) is 0 Å². The zero-order valence-corrected chi connectivity index (χ0v) is 23.2. The van der Waals surface area contributed by atoms with Gasteiger partial charge < -0.3 is 37.9 Å². The Hall–Kier alpha value is -0.320. The highest BCUT2D eigenvalue weighted by molar-refractivity contribution is 4.73. The summed E-state index contributed by atoms with van der Waals surface area (Å²) in [5.41, 5.74) is 0. The Balaban J connectivity index is -0.0000000467. The SMILES string of the molecule is C.C.C.C.C.C.C.CCCOC.CCOC.CCOC1COC(C)(CC)OC1.CCOCC1COC(C)(CC)O1. The van der Waals surface area contributed by atoms with Crippen molar-refractivity contribution < 1.29 is 37.9 Å². The van der Waals surface area contributed by atoms with Gasteiger partial charge in [0.05, 0.1) is 26.4 Å². The lowest BCUT2D eigenvalue weighted by Gasteiger charge is -2.36. The first-order valence-electron chi connectivity index (χ1n) is 12.5. The second-order valence-electron chi connectivity index (χ2n) is 7.95. The molecule has 0 aromatic heterocycles. The molecule has 0 aliphatic carbocycles. The van der Waals surface area contributed by atoms with Crippen LogP contribution in [-0.4, -0.2) is 90.9 Å². The van der Waals surface area contributed by atoms with Gasteiger partial charge in [0.25, 0.3) is 0 Å². The number of rotatable bonds is 10. The fourth-order valence-electron chi connectivity index (χ4n) is 2.58. The van der Waals surface area contributed by atoms with Crippen molar-refractivity contribution >= 4 is 0 Å². The van der Waals surface area contributed by atoms with E-state index in [0.717, 1.165) is 45.7 Å². The molecule has 2 unspecified atom stereocenters. The molecule has 2 rings (SSSR count). The maximum Gasteiger partial charge on any atom is 0.165 e. The van der Waals surface area contributed by atoms with E-state index < -0.39 is 0 Å². The highest BCUT2D eigenvalue weighted by atomic mass is 16.7. The van der Waals surface area contributed by atoms with Crippen molar-refractivity contribution in [2.24, 2.45) is 0 Å². The lowest BCUT2D eigenvalue weighted by Crippen LogP contribution is -2.44. The van der Waals surface area contributed by atoms with Crippen LogP contribution in [0.2, 0.25) is 0 Å². The molecular weight excluding hydrogens is 512 g/mol. The Morgan fingerprint density at radius 1 is 0.625 bits per heavy atom. The van der Waals surface area contributed by atoms with Gasteiger partial charge in [-0.25, -0.2) is 0 Å². The Morgan fingerprint density at radius 3 is 1.35 bits per heavy atom. The van der Waals surface area contributed by atoms with Crippen molar-refractivity contribution in [2.75, 3.05) is 67.1 Å². The minimum absolute atomic E-state index is 0. The Bertz CT molecular complexity index is 394. The lowest BCUT2D eigenvalue weighted by atomic mass is 10.2. The Morgan fingerprint density at radius 2 is 1.07 bits per heavy atom. The molecule has 0 N–H and O–H groups in total. The molecule has 2 aliphatic heterocycles. The van der Waals surface area contributed by atoms with E-state index in [-0.39, 0.29) is 75.8 Å². The van der Waals surface area contributed by atoms with E-state index in [1.165, 1.54) is 0 Å². The topological polar surface area (TPSA) is 73.8 Å². The summed E-state index contributed by atoms with van der Waals surface area (Å²) >= 11 is 0. The largest absolute Gasteiger partial charge is 0.385 e. The van der Waals surface area contributed by atoms with E-state index in [1.54, 1.807) is 14.2 Å². The first-order valence-corrected chi connectivity index (χ1v) is 12.5. The highest BCUT2D eigenvalue weighted by Crippen LogP contribution is 2.26. The third-order valence-electron chi connectivity index (χ3n) is 5.03. The van der Waals surface area contributed by atoms with E-state index in [9.17, 15) is 0 Å². The van der Waals surface area contributed by atoms with Gasteiger partial charge in [0.2, 0.25) is 0 Å². The molecule has 2 atom stereocenters. The van der Waals surface area contributed by atoms with Gasteiger partial charge in [-0.05, 0) is 53.9 Å². The van der Waals surface area contributed by atoms with Crippen LogP contribution in [0.15, 0.2) is 0 Å². The van der Waals surface area contributed by atoms with Crippen molar-refractivity contribution in [1.82, 2.24) is 0 Å². The quantitative estimate of drug-likeness (QED) is 0.248. The number of ether oxygens (including phenoxy) is 8. The predicted molar refractivity (Wildman–Crippen MR) is 179 cm³/mol. The Labute approximate surface area is 255 Å². The molecule has 2 heterocycles. The molecule has 0 radical (unpaired) electrons. The molecule has 0 aromatic carbocycles. The zero-order valence-electron chi connectivity index (χ0n) is 23.2. The molecule has 0 bridgehead atoms. The number of methoxy groups -OCH3 is 2. The fourth-order valence-corrected chi connectivity index (χ4v) is 2.58. The normalized spacial score (nSPS) is 23.6. The minimum atomic E-state index is -0.381. The average Bonchev–Trinajstić information content (AvgIpc) is 3.22. The molecule has 40 heavy (non-hydrogen) atoms. The maximum atomic E-state index is 5.65. The van der Waals surface area contributed by atoms with Crippen LogP contribution in [0.4, 0.5) is 0 Å². The number of hydrogen-bond donors (Lipinski definition) is 0. The van der Waals surface area contributed by atoms with Crippen LogP contribution in [0, 0.1) is 0 Å². The second-order valence-corrected chi connectivity index (χ2v) is 7.95. The van der Waals surface area contributed by atoms with Gasteiger partial charge in [0, 0.05) is 40.6 Å². The molecular formula is C32H82O8. The summed E-state index contributed by atoms with van der Waals surface area (Å²) in [6, 6.07) is 0. The monoisotopic (exact) mass is 595 g/mol. The van der Waals surface area contributed by atoms with Gasteiger partial charge in [-0.1, -0.05) is 72.8 Å². The summed E-state index contributed by atoms with van der Waals surface area (Å²) < 4.78 is 42.1. The maximum absolute atomic E-state index is 5.65. The third-order valence-corrected chi connectivity index (χ3v) is 5.03. The van der Waals surface area contributed by atoms with Crippen LogP contribution in [0.25, 0.3) is 0 Å². The summed E-state index contributed by atoms with van der Waals surface area (Å²) in [4.78, 5) is 0. The van der Waals surface area contributed by atoms with E-state index in [2.05, 4.69) is 25.5 Å². The summed E-state index contributed by atoms with van der Waals surface area (Å²) in [7, 11) is 3.39. The van der Waals surface area contributed by atoms with Gasteiger partial charge in [0.1, 0.15) is 12.2 Å². The average molecular weight is 595 g/mol. The Kier molecular flexibility index (Phi) is 64.4. The highest BCUT2D eigenvalue weighted by Gasteiger charge is 2.35. The summed E-state index contributed by atoms with van der Waals surface area (Å²) in [6.07, 6.45) is 3.13. The summed E-state index contributed by atoms with van der Waals surface area (Å²) in [6.45, 7) is 21.8. The van der Waals surface area contributed by atoms with Gasteiger partial charge in [-0.3, -0.25) is 0 Å². The molecule has 0 saturated carbocycles. The van der Waals surface area contributed by atoms with Crippen LogP contribution in [-0.2, 0) is 37.9 Å². The first kappa shape index (κ1) is 63.1. The van der Waals surface area contributed by atoms with Gasteiger partial charge >= 0.3 is 0 Å². The molecule has 258 valence electrons. The van der Waals surface area contributed by atoms with E-state index in [0.29, 0.717) is 26.4 Å². The summed E-state index contributed by atoms with van der Waals surface area (Å²) in [5, 5.41) is 0. The van der Waals surface area contributed by atoms with Crippen molar-refractivity contribution in [3.63, 3.8) is 0 Å². The van der Waals surface area contributed by atoms with Crippen molar-refractivity contribution in [3.05, 3.63) is 0 Å². The van der Waals surface area contributed by atoms with Crippen LogP contribution in [0.1, 0.15) is 127 Å². The molecule has 2 fully saturated rings. The molecule has 0 aromatic rings. The zero-order chi connectivity index (χ0) is 25.6. The molecule has 0 amide bonds. The van der Waals surface area contributed by atoms with Crippen molar-refractivity contribution in [2.45, 2.75) is 150 Å². The molecule has 8 heteroatoms. The smallest absolute Gasteiger partial charge is 0.165 e. The van der Waals surface area contributed by atoms with E-state index in [1.807, 2.05) is 34.6 Å². The number of hydrogen-bond acceptors (Lipinski definition) is 8. The van der Waals surface area contributed by atoms with Crippen molar-refractivity contribution in [3.8, 4) is 0 Å². The first-order chi connectivity index (χ1) is 15.7. The standard InChI is InChI=1S/2C9H18O3.C4H10O.C3H8O.7CH4/c1-4-9(3)11-6-8(7-12-9)10-5-2;1-4-9(3)11-7-8(12-9)6-10-5-2;1-3-4-5-2;1-3-4-2;;;;;;;/h2*8H,4-7H2,1-3H3;3-4H2,1-2H3;3H2,1-2H3;7*1H4. The predicted octanol–water partition coefficient (Wildman–Crippen LogP) is 9.28. The molecule has 2 aliphatic rings. The fraction of sp³-hybridized carbons (Fsp3) is 1.00. The lowest BCUT2D eigenvalue weighted by molar-refractivity contribution is -0.289. The molecule has 0 spiro atoms. The summed E-state index contributed by atoms with van der Waals surface area (Å²) in [5.74, 6) is -0.755. The van der Waals surface area contributed by atoms with Crippen LogP contribution in [0.3, 0.4) is 0 Å². The second kappa shape index (κ2) is 40.8. The van der Waals surface area contributed by atoms with Crippen LogP contribution in [0.5, 0.6) is 0 Å². The van der Waals surface area contributed by atoms with Crippen LogP contribution < -0.4 is 0 Å². The van der Waals surface area contributed by atoms with Crippen LogP contribution >= 0.6 is 0 Å². The molecule has 8 nitrogen and oxygen atoms in total.